The molecule has 3 heterocycles. The standard InChI is InChI=1S/C19H16N4O3S/c1-19(8-9-19)11-26-16-7-6-15-17(21-16)27-18-20-14(10-22(15)18)12-2-4-13(5-3-12)23(24)25/h2-7,10H,8-9,11H2,1H3. The summed E-state index contributed by atoms with van der Waals surface area (Å²) in [5.74, 6) is 0.649. The van der Waals surface area contributed by atoms with Crippen LogP contribution in [0.2, 0.25) is 0 Å². The smallest absolute Gasteiger partial charge is 0.269 e. The Hall–Kier alpha value is -3.00. The van der Waals surface area contributed by atoms with Crippen LogP contribution in [-0.4, -0.2) is 25.9 Å². The van der Waals surface area contributed by atoms with E-state index >= 15 is 0 Å². The van der Waals surface area contributed by atoms with E-state index in [2.05, 4.69) is 16.9 Å². The second-order valence-corrected chi connectivity index (χ2v) is 8.21. The van der Waals surface area contributed by atoms with Gasteiger partial charge >= 0.3 is 0 Å². The van der Waals surface area contributed by atoms with Crippen LogP contribution in [0.1, 0.15) is 19.8 Å². The fourth-order valence-electron chi connectivity index (χ4n) is 2.95. The fraction of sp³-hybridized carbons (Fsp3) is 0.263. The van der Waals surface area contributed by atoms with E-state index in [1.54, 1.807) is 12.1 Å². The van der Waals surface area contributed by atoms with Crippen LogP contribution in [0.15, 0.2) is 42.6 Å². The van der Waals surface area contributed by atoms with Crippen molar-refractivity contribution in [2.24, 2.45) is 5.41 Å². The predicted octanol–water partition coefficient (Wildman–Crippen LogP) is 4.70. The highest BCUT2D eigenvalue weighted by molar-refractivity contribution is 7.23. The third-order valence-electron chi connectivity index (χ3n) is 4.98. The number of non-ortho nitro benzene ring substituents is 1. The van der Waals surface area contributed by atoms with Gasteiger partial charge < -0.3 is 4.74 Å². The Balaban J connectivity index is 1.46. The van der Waals surface area contributed by atoms with E-state index in [1.165, 1.54) is 36.3 Å². The summed E-state index contributed by atoms with van der Waals surface area (Å²) < 4.78 is 7.84. The van der Waals surface area contributed by atoms with Gasteiger partial charge in [0.05, 0.1) is 22.7 Å². The average molecular weight is 380 g/mol. The van der Waals surface area contributed by atoms with Gasteiger partial charge in [-0.2, -0.15) is 0 Å². The summed E-state index contributed by atoms with van der Waals surface area (Å²) in [6.45, 7) is 2.93. The van der Waals surface area contributed by atoms with Gasteiger partial charge in [0.1, 0.15) is 4.83 Å². The van der Waals surface area contributed by atoms with Crippen molar-refractivity contribution in [3.05, 3.63) is 52.7 Å². The summed E-state index contributed by atoms with van der Waals surface area (Å²) >= 11 is 1.50. The molecule has 3 aromatic heterocycles. The number of imidazole rings is 1. The first kappa shape index (κ1) is 16.2. The second-order valence-electron chi connectivity index (χ2n) is 7.26. The first-order valence-electron chi connectivity index (χ1n) is 8.67. The lowest BCUT2D eigenvalue weighted by molar-refractivity contribution is -0.384. The molecule has 1 fully saturated rings. The van der Waals surface area contributed by atoms with Gasteiger partial charge in [0.25, 0.3) is 5.69 Å². The SMILES string of the molecule is CC1(COc2ccc3c(n2)sc2nc(-c4ccc([N+](=O)[O-])cc4)cn23)CC1. The van der Waals surface area contributed by atoms with Crippen molar-refractivity contribution < 1.29 is 9.66 Å². The summed E-state index contributed by atoms with van der Waals surface area (Å²) in [5, 5.41) is 10.8. The van der Waals surface area contributed by atoms with Crippen LogP contribution in [0.25, 0.3) is 26.6 Å². The highest BCUT2D eigenvalue weighted by Crippen LogP contribution is 2.45. The van der Waals surface area contributed by atoms with Gasteiger partial charge in [-0.05, 0) is 31.0 Å². The molecule has 0 bridgehead atoms. The molecule has 0 saturated heterocycles. The quantitative estimate of drug-likeness (QED) is 0.370. The maximum atomic E-state index is 10.8. The number of nitrogens with zero attached hydrogens (tertiary/aromatic N) is 4. The van der Waals surface area contributed by atoms with Crippen molar-refractivity contribution in [3.63, 3.8) is 0 Å². The summed E-state index contributed by atoms with van der Waals surface area (Å²) in [4.78, 5) is 21.4. The molecule has 0 spiro atoms. The van der Waals surface area contributed by atoms with E-state index in [9.17, 15) is 10.1 Å². The summed E-state index contributed by atoms with van der Waals surface area (Å²) in [6, 6.07) is 10.3. The van der Waals surface area contributed by atoms with Gasteiger partial charge in [0.15, 0.2) is 4.96 Å². The molecule has 27 heavy (non-hydrogen) atoms. The Morgan fingerprint density at radius 2 is 2.00 bits per heavy atom. The van der Waals surface area contributed by atoms with Crippen LogP contribution in [0.5, 0.6) is 5.88 Å². The number of hydrogen-bond acceptors (Lipinski definition) is 6. The summed E-state index contributed by atoms with van der Waals surface area (Å²) in [5.41, 5.74) is 2.98. The topological polar surface area (TPSA) is 82.6 Å². The summed E-state index contributed by atoms with van der Waals surface area (Å²) in [7, 11) is 0. The van der Waals surface area contributed by atoms with Crippen LogP contribution >= 0.6 is 11.3 Å². The molecule has 8 heteroatoms. The van der Waals surface area contributed by atoms with Crippen molar-refractivity contribution in [1.82, 2.24) is 14.4 Å². The zero-order valence-corrected chi connectivity index (χ0v) is 15.4. The molecular weight excluding hydrogens is 364 g/mol. The van der Waals surface area contributed by atoms with Crippen molar-refractivity contribution in [3.8, 4) is 17.1 Å². The Bertz CT molecular complexity index is 1180. The van der Waals surface area contributed by atoms with Gasteiger partial charge in [0.2, 0.25) is 5.88 Å². The second kappa shape index (κ2) is 5.75. The third kappa shape index (κ3) is 2.91. The number of rotatable bonds is 5. The van der Waals surface area contributed by atoms with Crippen molar-refractivity contribution in [2.45, 2.75) is 19.8 Å². The number of fused-ring (bicyclic) bond motifs is 3. The number of pyridine rings is 1. The zero-order chi connectivity index (χ0) is 18.6. The molecule has 0 radical (unpaired) electrons. The molecule has 1 aliphatic carbocycles. The molecular formula is C19H16N4O3S. The fourth-order valence-corrected chi connectivity index (χ4v) is 3.92. The van der Waals surface area contributed by atoms with Gasteiger partial charge in [-0.15, -0.1) is 0 Å². The predicted molar refractivity (Wildman–Crippen MR) is 103 cm³/mol. The lowest BCUT2D eigenvalue weighted by Gasteiger charge is -2.09. The molecule has 0 unspecified atom stereocenters. The molecule has 1 saturated carbocycles. The lowest BCUT2D eigenvalue weighted by atomic mass is 10.1. The van der Waals surface area contributed by atoms with Crippen LogP contribution in [-0.2, 0) is 0 Å². The molecule has 4 aromatic rings. The lowest BCUT2D eigenvalue weighted by Crippen LogP contribution is -2.09. The molecule has 0 atom stereocenters. The van der Waals surface area contributed by atoms with E-state index in [1.807, 2.05) is 22.7 Å². The van der Waals surface area contributed by atoms with Gasteiger partial charge in [0, 0.05) is 35.4 Å². The minimum Gasteiger partial charge on any atom is -0.477 e. The zero-order valence-electron chi connectivity index (χ0n) is 14.6. The normalized spacial score (nSPS) is 15.3. The van der Waals surface area contributed by atoms with Crippen molar-refractivity contribution in [2.75, 3.05) is 6.61 Å². The van der Waals surface area contributed by atoms with Crippen LogP contribution in [0.3, 0.4) is 0 Å². The minimum absolute atomic E-state index is 0.0713. The number of benzene rings is 1. The van der Waals surface area contributed by atoms with Crippen molar-refractivity contribution in [1.29, 1.82) is 0 Å². The number of hydrogen-bond donors (Lipinski definition) is 0. The molecule has 0 aliphatic heterocycles. The Morgan fingerprint density at radius 1 is 1.22 bits per heavy atom. The van der Waals surface area contributed by atoms with E-state index in [-0.39, 0.29) is 5.69 Å². The molecule has 1 aromatic carbocycles. The average Bonchev–Trinajstić information content (AvgIpc) is 3.11. The number of nitro benzene ring substituents is 1. The molecule has 5 rings (SSSR count). The first-order valence-corrected chi connectivity index (χ1v) is 9.49. The van der Waals surface area contributed by atoms with E-state index in [4.69, 9.17) is 4.74 Å². The largest absolute Gasteiger partial charge is 0.477 e. The highest BCUT2D eigenvalue weighted by Gasteiger charge is 2.38. The summed E-state index contributed by atoms with van der Waals surface area (Å²) in [6.07, 6.45) is 4.36. The Labute approximate surface area is 158 Å². The van der Waals surface area contributed by atoms with Crippen LogP contribution < -0.4 is 4.74 Å². The highest BCUT2D eigenvalue weighted by atomic mass is 32.1. The number of thiazole rings is 1. The Morgan fingerprint density at radius 3 is 2.70 bits per heavy atom. The monoisotopic (exact) mass is 380 g/mol. The van der Waals surface area contributed by atoms with E-state index in [0.29, 0.717) is 17.9 Å². The molecule has 0 amide bonds. The third-order valence-corrected chi connectivity index (χ3v) is 5.95. The Kier molecular flexibility index (Phi) is 3.45. The molecule has 136 valence electrons. The van der Waals surface area contributed by atoms with Crippen LogP contribution in [0, 0.1) is 15.5 Å². The maximum absolute atomic E-state index is 10.8. The van der Waals surface area contributed by atoms with E-state index < -0.39 is 4.92 Å². The van der Waals surface area contributed by atoms with Gasteiger partial charge in [-0.25, -0.2) is 9.97 Å². The maximum Gasteiger partial charge on any atom is 0.269 e. The molecule has 0 N–H and O–H groups in total. The molecule has 1 aliphatic rings. The number of aromatic nitrogens is 3. The first-order chi connectivity index (χ1) is 13.0. The number of ether oxygens (including phenoxy) is 1. The van der Waals surface area contributed by atoms with Gasteiger partial charge in [-0.3, -0.25) is 14.5 Å². The van der Waals surface area contributed by atoms with Crippen molar-refractivity contribution >= 4 is 32.3 Å². The minimum atomic E-state index is -0.405. The molecule has 7 nitrogen and oxygen atoms in total. The number of nitro groups is 1. The van der Waals surface area contributed by atoms with Crippen LogP contribution in [0.4, 0.5) is 5.69 Å². The van der Waals surface area contributed by atoms with Gasteiger partial charge in [-0.1, -0.05) is 18.3 Å². The van der Waals surface area contributed by atoms with E-state index in [0.717, 1.165) is 26.6 Å².